The highest BCUT2D eigenvalue weighted by Crippen LogP contribution is 2.11. The van der Waals surface area contributed by atoms with Gasteiger partial charge in [-0.2, -0.15) is 0 Å². The van der Waals surface area contributed by atoms with E-state index in [-0.39, 0.29) is 0 Å². The first-order chi connectivity index (χ1) is 8.31. The van der Waals surface area contributed by atoms with E-state index in [9.17, 15) is 0 Å². The molecule has 1 unspecified atom stereocenters. The van der Waals surface area contributed by atoms with Gasteiger partial charge in [0.1, 0.15) is 0 Å². The second-order valence-corrected chi connectivity index (χ2v) is 5.31. The van der Waals surface area contributed by atoms with E-state index in [1.807, 2.05) is 0 Å². The van der Waals surface area contributed by atoms with Gasteiger partial charge < -0.3 is 5.73 Å². The van der Waals surface area contributed by atoms with Crippen LogP contribution in [0.15, 0.2) is 0 Å². The van der Waals surface area contributed by atoms with Crippen LogP contribution in [0.2, 0.25) is 0 Å². The SMILES string of the molecule is CCCCCCCCC[CH]C(N)CCCCC. The van der Waals surface area contributed by atoms with E-state index in [4.69, 9.17) is 5.73 Å². The van der Waals surface area contributed by atoms with Gasteiger partial charge >= 0.3 is 0 Å². The van der Waals surface area contributed by atoms with E-state index in [0.29, 0.717) is 6.04 Å². The number of rotatable bonds is 13. The molecule has 0 aromatic rings. The molecule has 0 amide bonds. The van der Waals surface area contributed by atoms with Gasteiger partial charge in [0.05, 0.1) is 0 Å². The fourth-order valence-corrected chi connectivity index (χ4v) is 2.18. The minimum atomic E-state index is 0.349. The Hall–Kier alpha value is -0.0400. The Morgan fingerprint density at radius 1 is 0.765 bits per heavy atom. The van der Waals surface area contributed by atoms with E-state index in [0.717, 1.165) is 0 Å². The van der Waals surface area contributed by atoms with E-state index < -0.39 is 0 Å². The number of unbranched alkanes of at least 4 members (excludes halogenated alkanes) is 9. The number of nitrogens with two attached hydrogens (primary N) is 1. The fourth-order valence-electron chi connectivity index (χ4n) is 2.18. The molecule has 0 aromatic carbocycles. The molecule has 0 aliphatic heterocycles. The molecule has 0 bridgehead atoms. The molecular formula is C16H34N. The zero-order valence-corrected chi connectivity index (χ0v) is 12.2. The number of hydrogen-bond acceptors (Lipinski definition) is 1. The predicted molar refractivity (Wildman–Crippen MR) is 79.0 cm³/mol. The lowest BCUT2D eigenvalue weighted by molar-refractivity contribution is 0.556. The second-order valence-electron chi connectivity index (χ2n) is 5.31. The van der Waals surface area contributed by atoms with E-state index in [1.165, 1.54) is 77.0 Å². The van der Waals surface area contributed by atoms with Gasteiger partial charge in [0.25, 0.3) is 0 Å². The van der Waals surface area contributed by atoms with Crippen LogP contribution < -0.4 is 5.73 Å². The van der Waals surface area contributed by atoms with Crippen LogP contribution in [0.25, 0.3) is 0 Å². The van der Waals surface area contributed by atoms with Crippen LogP contribution >= 0.6 is 0 Å². The summed E-state index contributed by atoms with van der Waals surface area (Å²) >= 11 is 0. The Morgan fingerprint density at radius 2 is 1.29 bits per heavy atom. The summed E-state index contributed by atoms with van der Waals surface area (Å²) in [7, 11) is 0. The summed E-state index contributed by atoms with van der Waals surface area (Å²) in [6, 6.07) is 0.349. The first-order valence-electron chi connectivity index (χ1n) is 7.90. The minimum Gasteiger partial charge on any atom is -0.327 e. The van der Waals surface area contributed by atoms with Crippen LogP contribution in [0.1, 0.15) is 90.9 Å². The van der Waals surface area contributed by atoms with Crippen molar-refractivity contribution >= 4 is 0 Å². The standard InChI is InChI=1S/C16H34N/c1-3-5-7-8-9-10-11-13-15-16(17)14-12-6-4-2/h15-16H,3-14,17H2,1-2H3. The van der Waals surface area contributed by atoms with Crippen LogP contribution in [-0.4, -0.2) is 6.04 Å². The molecule has 0 heterocycles. The number of hydrogen-bond donors (Lipinski definition) is 1. The summed E-state index contributed by atoms with van der Waals surface area (Å²) in [5, 5.41) is 0. The molecule has 1 radical (unpaired) electrons. The largest absolute Gasteiger partial charge is 0.327 e. The molecule has 0 rings (SSSR count). The van der Waals surface area contributed by atoms with Crippen molar-refractivity contribution in [3.63, 3.8) is 0 Å². The topological polar surface area (TPSA) is 26.0 Å². The van der Waals surface area contributed by atoms with Crippen molar-refractivity contribution < 1.29 is 0 Å². The van der Waals surface area contributed by atoms with Gasteiger partial charge in [-0.05, 0) is 19.3 Å². The van der Waals surface area contributed by atoms with Gasteiger partial charge in [-0.3, -0.25) is 0 Å². The van der Waals surface area contributed by atoms with Crippen molar-refractivity contribution in [1.29, 1.82) is 0 Å². The van der Waals surface area contributed by atoms with Gasteiger partial charge in [-0.15, -0.1) is 0 Å². The van der Waals surface area contributed by atoms with Gasteiger partial charge in [0.2, 0.25) is 0 Å². The van der Waals surface area contributed by atoms with Crippen molar-refractivity contribution in [1.82, 2.24) is 0 Å². The van der Waals surface area contributed by atoms with Crippen LogP contribution in [-0.2, 0) is 0 Å². The highest BCUT2D eigenvalue weighted by molar-refractivity contribution is 4.79. The van der Waals surface area contributed by atoms with Crippen molar-refractivity contribution in [3.05, 3.63) is 6.42 Å². The smallest absolute Gasteiger partial charge is 0.00703 e. The zero-order chi connectivity index (χ0) is 12.8. The molecule has 0 saturated carbocycles. The highest BCUT2D eigenvalue weighted by atomic mass is 14.6. The lowest BCUT2D eigenvalue weighted by atomic mass is 10.0. The third-order valence-electron chi connectivity index (χ3n) is 3.42. The molecule has 17 heavy (non-hydrogen) atoms. The molecule has 0 fully saturated rings. The van der Waals surface area contributed by atoms with Crippen molar-refractivity contribution in [3.8, 4) is 0 Å². The molecule has 2 N–H and O–H groups in total. The average Bonchev–Trinajstić information content (AvgIpc) is 2.33. The van der Waals surface area contributed by atoms with Gasteiger partial charge in [-0.25, -0.2) is 0 Å². The molecule has 0 aliphatic rings. The predicted octanol–water partition coefficient (Wildman–Crippen LogP) is 5.24. The second kappa shape index (κ2) is 14.0. The van der Waals surface area contributed by atoms with Crippen molar-refractivity contribution in [2.75, 3.05) is 0 Å². The Balaban J connectivity index is 3.05. The molecule has 103 valence electrons. The van der Waals surface area contributed by atoms with Crippen molar-refractivity contribution in [2.24, 2.45) is 5.73 Å². The third-order valence-corrected chi connectivity index (χ3v) is 3.42. The first-order valence-corrected chi connectivity index (χ1v) is 7.90. The minimum absolute atomic E-state index is 0.349. The quantitative estimate of drug-likeness (QED) is 0.438. The van der Waals surface area contributed by atoms with E-state index in [2.05, 4.69) is 20.3 Å². The zero-order valence-electron chi connectivity index (χ0n) is 12.2. The summed E-state index contributed by atoms with van der Waals surface area (Å²) in [6.07, 6.45) is 18.4. The van der Waals surface area contributed by atoms with Gasteiger partial charge in [0.15, 0.2) is 0 Å². The van der Waals surface area contributed by atoms with Crippen LogP contribution in [0.4, 0.5) is 0 Å². The van der Waals surface area contributed by atoms with Crippen LogP contribution in [0.3, 0.4) is 0 Å². The Kier molecular flexibility index (Phi) is 14.0. The maximum atomic E-state index is 6.04. The highest BCUT2D eigenvalue weighted by Gasteiger charge is 2.01. The monoisotopic (exact) mass is 240 g/mol. The summed E-state index contributed by atoms with van der Waals surface area (Å²) in [5.41, 5.74) is 6.04. The lowest BCUT2D eigenvalue weighted by Gasteiger charge is -2.10. The van der Waals surface area contributed by atoms with Gasteiger partial charge in [0, 0.05) is 6.04 Å². The lowest BCUT2D eigenvalue weighted by Crippen LogP contribution is -2.20. The summed E-state index contributed by atoms with van der Waals surface area (Å²) < 4.78 is 0. The average molecular weight is 240 g/mol. The molecule has 1 nitrogen and oxygen atoms in total. The molecule has 0 aromatic heterocycles. The maximum Gasteiger partial charge on any atom is 0.00703 e. The van der Waals surface area contributed by atoms with Gasteiger partial charge in [-0.1, -0.05) is 78.1 Å². The van der Waals surface area contributed by atoms with Crippen LogP contribution in [0.5, 0.6) is 0 Å². The Morgan fingerprint density at radius 3 is 1.94 bits per heavy atom. The summed E-state index contributed by atoms with van der Waals surface area (Å²) in [4.78, 5) is 0. The summed E-state index contributed by atoms with van der Waals surface area (Å²) in [6.45, 7) is 4.52. The van der Waals surface area contributed by atoms with Crippen molar-refractivity contribution in [2.45, 2.75) is 96.9 Å². The molecule has 0 spiro atoms. The fraction of sp³-hybridized carbons (Fsp3) is 0.938. The maximum absolute atomic E-state index is 6.04. The normalized spacial score (nSPS) is 12.9. The summed E-state index contributed by atoms with van der Waals surface area (Å²) in [5.74, 6) is 0. The first kappa shape index (κ1) is 17.0. The molecule has 1 atom stereocenters. The van der Waals surface area contributed by atoms with E-state index >= 15 is 0 Å². The molecular weight excluding hydrogens is 206 g/mol. The Bertz CT molecular complexity index is 133. The van der Waals surface area contributed by atoms with E-state index in [1.54, 1.807) is 0 Å². The Labute approximate surface area is 110 Å². The third kappa shape index (κ3) is 13.9. The molecule has 1 heteroatoms. The molecule has 0 saturated heterocycles. The van der Waals surface area contributed by atoms with Crippen LogP contribution in [0, 0.1) is 6.42 Å². The molecule has 0 aliphatic carbocycles.